The average Bonchev–Trinajstić information content (AvgIpc) is 3.68. The first-order valence-electron chi connectivity index (χ1n) is 12.8. The zero-order valence-corrected chi connectivity index (χ0v) is 21.2. The van der Waals surface area contributed by atoms with Gasteiger partial charge in [-0.1, -0.05) is 17.3 Å². The van der Waals surface area contributed by atoms with Crippen LogP contribution >= 0.6 is 0 Å². The summed E-state index contributed by atoms with van der Waals surface area (Å²) >= 11 is 0. The zero-order chi connectivity index (χ0) is 26.1. The number of amides is 1. The van der Waals surface area contributed by atoms with Crippen LogP contribution in [0.5, 0.6) is 5.75 Å². The molecule has 1 spiro atoms. The fourth-order valence-electron chi connectivity index (χ4n) is 5.36. The maximum absolute atomic E-state index is 14.6. The van der Waals surface area contributed by atoms with E-state index in [0.29, 0.717) is 40.2 Å². The second kappa shape index (κ2) is 10.2. The van der Waals surface area contributed by atoms with Crippen LogP contribution in [0.3, 0.4) is 0 Å². The monoisotopic (exact) mass is 520 g/mol. The van der Waals surface area contributed by atoms with Crippen LogP contribution in [0.4, 0.5) is 4.39 Å². The summed E-state index contributed by atoms with van der Waals surface area (Å²) in [5.41, 5.74) is 3.32. The minimum atomic E-state index is -0.503. The topological polar surface area (TPSA) is 103 Å². The number of ether oxygens (including phenoxy) is 3. The number of halogens is 1. The highest BCUT2D eigenvalue weighted by molar-refractivity contribution is 5.95. The van der Waals surface area contributed by atoms with Gasteiger partial charge >= 0.3 is 0 Å². The van der Waals surface area contributed by atoms with Crippen LogP contribution in [0.2, 0.25) is 0 Å². The van der Waals surface area contributed by atoms with E-state index in [1.54, 1.807) is 19.2 Å². The molecule has 2 aromatic carbocycles. The molecule has 2 fully saturated rings. The number of methoxy groups -OCH3 is 1. The molecule has 38 heavy (non-hydrogen) atoms. The lowest BCUT2D eigenvalue weighted by Crippen LogP contribution is -2.35. The van der Waals surface area contributed by atoms with E-state index in [1.165, 1.54) is 6.07 Å². The Morgan fingerprint density at radius 2 is 1.95 bits per heavy atom. The van der Waals surface area contributed by atoms with E-state index >= 15 is 0 Å². The lowest BCUT2D eigenvalue weighted by atomic mass is 9.80. The molecule has 0 atom stereocenters. The van der Waals surface area contributed by atoms with Crippen molar-refractivity contribution >= 4 is 16.8 Å². The highest BCUT2D eigenvalue weighted by atomic mass is 19.1. The van der Waals surface area contributed by atoms with Crippen LogP contribution in [0.1, 0.15) is 29.6 Å². The van der Waals surface area contributed by atoms with E-state index in [-0.39, 0.29) is 23.7 Å². The number of fused-ring (bicyclic) bond motifs is 1. The third-order valence-corrected chi connectivity index (χ3v) is 7.61. The van der Waals surface area contributed by atoms with Crippen LogP contribution in [0.15, 0.2) is 47.0 Å². The molecule has 2 aliphatic rings. The van der Waals surface area contributed by atoms with Crippen molar-refractivity contribution in [1.82, 2.24) is 20.3 Å². The summed E-state index contributed by atoms with van der Waals surface area (Å²) in [5.74, 6) is 0.0699. The van der Waals surface area contributed by atoms with Crippen LogP contribution in [-0.4, -0.2) is 72.8 Å². The van der Waals surface area contributed by atoms with E-state index < -0.39 is 5.82 Å². The molecule has 0 bridgehead atoms. The van der Waals surface area contributed by atoms with Gasteiger partial charge in [0, 0.05) is 62.1 Å². The van der Waals surface area contributed by atoms with Crippen molar-refractivity contribution in [2.45, 2.75) is 19.3 Å². The fraction of sp³-hybridized carbons (Fsp3) is 0.393. The normalized spacial score (nSPS) is 16.9. The van der Waals surface area contributed by atoms with Crippen molar-refractivity contribution in [3.63, 3.8) is 0 Å². The van der Waals surface area contributed by atoms with Gasteiger partial charge in [-0.3, -0.25) is 9.89 Å². The Balaban J connectivity index is 1.17. The van der Waals surface area contributed by atoms with Crippen LogP contribution < -0.4 is 4.74 Å². The number of nitrogens with one attached hydrogen (secondary N) is 1. The highest BCUT2D eigenvalue weighted by Gasteiger charge is 2.41. The molecule has 6 rings (SSSR count). The molecule has 0 saturated carbocycles. The Labute approximate surface area is 218 Å². The summed E-state index contributed by atoms with van der Waals surface area (Å²) in [6.07, 6.45) is 3.08. The molecule has 198 valence electrons. The van der Waals surface area contributed by atoms with Crippen molar-refractivity contribution in [2.24, 2.45) is 5.41 Å². The van der Waals surface area contributed by atoms with Gasteiger partial charge in [-0.25, -0.2) is 4.39 Å². The van der Waals surface area contributed by atoms with Gasteiger partial charge in [-0.05, 0) is 42.9 Å². The summed E-state index contributed by atoms with van der Waals surface area (Å²) < 4.78 is 36.1. The first kappa shape index (κ1) is 24.6. The molecule has 2 aliphatic heterocycles. The molecule has 2 saturated heterocycles. The summed E-state index contributed by atoms with van der Waals surface area (Å²) in [6, 6.07) is 12.1. The Morgan fingerprint density at radius 3 is 2.74 bits per heavy atom. The van der Waals surface area contributed by atoms with E-state index in [2.05, 4.69) is 15.4 Å². The second-order valence-electron chi connectivity index (χ2n) is 9.98. The summed E-state index contributed by atoms with van der Waals surface area (Å²) in [5, 5.41) is 11.9. The molecule has 9 nitrogen and oxygen atoms in total. The van der Waals surface area contributed by atoms with E-state index in [0.717, 1.165) is 51.1 Å². The molecular weight excluding hydrogens is 491 g/mol. The third-order valence-electron chi connectivity index (χ3n) is 7.61. The molecule has 4 heterocycles. The minimum Gasteiger partial charge on any atom is -0.488 e. The average molecular weight is 521 g/mol. The first-order chi connectivity index (χ1) is 18.5. The SMILES string of the molecule is COCCOc1cc2[nH]nc(-c3cc(-c4ccc(C(=O)N5CCC6(CCOCC6)C5)cc4)no3)c2cc1F. The highest BCUT2D eigenvalue weighted by Crippen LogP contribution is 2.40. The number of hydrogen-bond donors (Lipinski definition) is 1. The van der Waals surface area contributed by atoms with Crippen LogP contribution in [-0.2, 0) is 9.47 Å². The van der Waals surface area contributed by atoms with Crippen molar-refractivity contribution < 1.29 is 27.9 Å². The lowest BCUT2D eigenvalue weighted by molar-refractivity contribution is 0.0191. The van der Waals surface area contributed by atoms with Gasteiger partial charge in [0.25, 0.3) is 5.91 Å². The number of likely N-dealkylation sites (tertiary alicyclic amines) is 1. The van der Waals surface area contributed by atoms with Gasteiger partial charge in [0.05, 0.1) is 12.1 Å². The second-order valence-corrected chi connectivity index (χ2v) is 9.98. The molecular formula is C28H29FN4O5. The Hall–Kier alpha value is -3.76. The third kappa shape index (κ3) is 4.65. The van der Waals surface area contributed by atoms with E-state index in [9.17, 15) is 9.18 Å². The van der Waals surface area contributed by atoms with Gasteiger partial charge in [0.1, 0.15) is 18.0 Å². The number of carbonyl (C=O) groups excluding carboxylic acids is 1. The first-order valence-corrected chi connectivity index (χ1v) is 12.8. The molecule has 4 aromatic rings. The number of aromatic amines is 1. The largest absolute Gasteiger partial charge is 0.488 e. The molecule has 1 N–H and O–H groups in total. The van der Waals surface area contributed by atoms with Crippen molar-refractivity contribution in [2.75, 3.05) is 46.6 Å². The van der Waals surface area contributed by atoms with Gasteiger partial charge in [0.15, 0.2) is 17.3 Å². The zero-order valence-electron chi connectivity index (χ0n) is 21.2. The Kier molecular flexibility index (Phi) is 6.59. The minimum absolute atomic E-state index is 0.0522. The van der Waals surface area contributed by atoms with Crippen molar-refractivity contribution in [3.8, 4) is 28.5 Å². The Morgan fingerprint density at radius 1 is 1.13 bits per heavy atom. The molecule has 0 radical (unpaired) electrons. The molecule has 2 aromatic heterocycles. The predicted molar refractivity (Wildman–Crippen MR) is 137 cm³/mol. The lowest BCUT2D eigenvalue weighted by Gasteiger charge is -2.33. The van der Waals surface area contributed by atoms with Gasteiger partial charge in [0.2, 0.25) is 0 Å². The van der Waals surface area contributed by atoms with Crippen LogP contribution in [0, 0.1) is 11.2 Å². The number of carbonyl (C=O) groups is 1. The number of nitrogens with zero attached hydrogens (tertiary/aromatic N) is 3. The fourth-order valence-corrected chi connectivity index (χ4v) is 5.36. The molecule has 1 amide bonds. The summed E-state index contributed by atoms with van der Waals surface area (Å²) in [7, 11) is 1.56. The van der Waals surface area contributed by atoms with Gasteiger partial charge in [-0.15, -0.1) is 0 Å². The smallest absolute Gasteiger partial charge is 0.253 e. The maximum Gasteiger partial charge on any atom is 0.253 e. The standard InChI is InChI=1S/C28H29FN4O5/c1-35-12-13-37-24-16-23-20(14-21(24)29)26(31-30-23)25-15-22(32-38-25)18-2-4-19(5-3-18)27(34)33-9-6-28(17-33)7-10-36-11-8-28/h2-5,14-16H,6-13,17H2,1H3,(H,30,31). The summed E-state index contributed by atoms with van der Waals surface area (Å²) in [6.45, 7) is 3.74. The Bertz CT molecular complexity index is 1440. The number of hydrogen-bond acceptors (Lipinski definition) is 7. The van der Waals surface area contributed by atoms with Crippen molar-refractivity contribution in [1.29, 1.82) is 0 Å². The number of benzene rings is 2. The quantitative estimate of drug-likeness (QED) is 0.353. The van der Waals surface area contributed by atoms with Gasteiger partial charge < -0.3 is 23.6 Å². The number of H-pyrrole nitrogens is 1. The molecule has 0 unspecified atom stereocenters. The van der Waals surface area contributed by atoms with Crippen molar-refractivity contribution in [3.05, 3.63) is 53.8 Å². The van der Waals surface area contributed by atoms with E-state index in [1.807, 2.05) is 29.2 Å². The van der Waals surface area contributed by atoms with E-state index in [4.69, 9.17) is 18.7 Å². The molecule has 0 aliphatic carbocycles. The molecule has 10 heteroatoms. The predicted octanol–water partition coefficient (Wildman–Crippen LogP) is 4.69. The summed E-state index contributed by atoms with van der Waals surface area (Å²) in [4.78, 5) is 15.1. The van der Waals surface area contributed by atoms with Gasteiger partial charge in [-0.2, -0.15) is 5.10 Å². The van der Waals surface area contributed by atoms with Crippen LogP contribution in [0.25, 0.3) is 33.6 Å². The number of aromatic nitrogens is 3. The number of rotatable bonds is 7. The maximum atomic E-state index is 14.6.